The number of nitrogens with one attached hydrogen (secondary N) is 1. The minimum absolute atomic E-state index is 0.135. The van der Waals surface area contributed by atoms with Gasteiger partial charge < -0.3 is 21.1 Å². The second kappa shape index (κ2) is 9.15. The Morgan fingerprint density at radius 2 is 1.58 bits per heavy atom. The number of β-amino-alcohol motifs (C(OH)–C–C–N with tert-alkyl or cyclic N) is 1. The first-order valence-corrected chi connectivity index (χ1v) is 12.1. The number of carbonyl (C=O) groups is 2. The Morgan fingerprint density at radius 3 is 2.21 bits per heavy atom. The Labute approximate surface area is 194 Å². The normalized spacial score (nSPS) is 19.4. The first-order chi connectivity index (χ1) is 16.1. The van der Waals surface area contributed by atoms with Gasteiger partial charge in [0.1, 0.15) is 0 Å². The predicted molar refractivity (Wildman–Crippen MR) is 130 cm³/mol. The largest absolute Gasteiger partial charge is 0.396 e. The molecule has 1 saturated carbocycles. The highest BCUT2D eigenvalue weighted by atomic mass is 16.3. The Hall–Kier alpha value is -2.90. The van der Waals surface area contributed by atoms with Crippen molar-refractivity contribution >= 4 is 28.6 Å². The summed E-state index contributed by atoms with van der Waals surface area (Å²) in [7, 11) is 0. The van der Waals surface area contributed by atoms with E-state index in [1.807, 2.05) is 6.07 Å². The number of nitrogen functional groups attached to an aromatic ring is 1. The topological polar surface area (TPSA) is 98.9 Å². The van der Waals surface area contributed by atoms with Crippen LogP contribution in [0.3, 0.4) is 0 Å². The lowest BCUT2D eigenvalue weighted by atomic mass is 9.81. The zero-order valence-electron chi connectivity index (χ0n) is 19.0. The number of ketones is 2. The Bertz CT molecular complexity index is 1070. The molecule has 0 bridgehead atoms. The lowest BCUT2D eigenvalue weighted by Gasteiger charge is -2.37. The average molecular weight is 449 g/mol. The summed E-state index contributed by atoms with van der Waals surface area (Å²) in [6, 6.07) is 9.31. The third kappa shape index (κ3) is 4.00. The zero-order valence-corrected chi connectivity index (χ0v) is 19.0. The van der Waals surface area contributed by atoms with Crippen molar-refractivity contribution in [2.75, 3.05) is 55.3 Å². The van der Waals surface area contributed by atoms with Crippen LogP contribution in [0.1, 0.15) is 63.9 Å². The number of aliphatic hydroxyl groups excluding tert-OH is 1. The lowest BCUT2D eigenvalue weighted by molar-refractivity contribution is 0.0980. The molecule has 0 radical (unpaired) electrons. The fourth-order valence-electron chi connectivity index (χ4n) is 5.50. The molecule has 0 amide bonds. The van der Waals surface area contributed by atoms with Crippen molar-refractivity contribution in [2.45, 2.75) is 38.1 Å². The number of benzene rings is 2. The van der Waals surface area contributed by atoms with Crippen LogP contribution in [0.25, 0.3) is 0 Å². The number of nitrogens with zero attached hydrogens (tertiary/aromatic N) is 2. The molecule has 2 aliphatic carbocycles. The van der Waals surface area contributed by atoms with E-state index in [0.717, 1.165) is 50.4 Å². The monoisotopic (exact) mass is 448 g/mol. The molecule has 174 valence electrons. The second-order valence-electron chi connectivity index (χ2n) is 9.34. The van der Waals surface area contributed by atoms with Gasteiger partial charge in [-0.05, 0) is 18.9 Å². The lowest BCUT2D eigenvalue weighted by Crippen LogP contribution is -2.47. The molecule has 1 aliphatic heterocycles. The van der Waals surface area contributed by atoms with Crippen molar-refractivity contribution < 1.29 is 14.7 Å². The van der Waals surface area contributed by atoms with E-state index < -0.39 is 0 Å². The van der Waals surface area contributed by atoms with Gasteiger partial charge >= 0.3 is 0 Å². The van der Waals surface area contributed by atoms with Crippen LogP contribution >= 0.6 is 0 Å². The van der Waals surface area contributed by atoms with Crippen molar-refractivity contribution in [1.82, 2.24) is 4.90 Å². The molecular formula is C26H32N4O3. The van der Waals surface area contributed by atoms with Gasteiger partial charge in [0.25, 0.3) is 0 Å². The maximum atomic E-state index is 13.6. The number of anilines is 3. The molecule has 7 nitrogen and oxygen atoms in total. The van der Waals surface area contributed by atoms with E-state index in [9.17, 15) is 14.7 Å². The molecule has 1 saturated heterocycles. The summed E-state index contributed by atoms with van der Waals surface area (Å²) in [5.41, 5.74) is 10.2. The van der Waals surface area contributed by atoms with Crippen LogP contribution in [0.4, 0.5) is 17.1 Å². The van der Waals surface area contributed by atoms with Gasteiger partial charge in [-0.15, -0.1) is 0 Å². The summed E-state index contributed by atoms with van der Waals surface area (Å²) in [6.07, 6.45) is 5.71. The van der Waals surface area contributed by atoms with E-state index in [4.69, 9.17) is 5.73 Å². The minimum atomic E-state index is -0.176. The summed E-state index contributed by atoms with van der Waals surface area (Å²) < 4.78 is 0. The summed E-state index contributed by atoms with van der Waals surface area (Å²) in [4.78, 5) is 31.6. The summed E-state index contributed by atoms with van der Waals surface area (Å²) in [6.45, 7) is 3.95. The van der Waals surface area contributed by atoms with Gasteiger partial charge in [-0.3, -0.25) is 14.5 Å². The van der Waals surface area contributed by atoms with Crippen LogP contribution in [-0.2, 0) is 0 Å². The van der Waals surface area contributed by atoms with Crippen molar-refractivity contribution in [1.29, 1.82) is 0 Å². The van der Waals surface area contributed by atoms with E-state index in [1.165, 1.54) is 19.3 Å². The van der Waals surface area contributed by atoms with E-state index in [0.29, 0.717) is 40.5 Å². The Morgan fingerprint density at radius 1 is 0.939 bits per heavy atom. The van der Waals surface area contributed by atoms with E-state index in [2.05, 4.69) is 15.1 Å². The van der Waals surface area contributed by atoms with Gasteiger partial charge in [-0.1, -0.05) is 43.5 Å². The molecule has 3 aliphatic rings. The van der Waals surface area contributed by atoms with Gasteiger partial charge in [0.15, 0.2) is 11.6 Å². The molecule has 2 aromatic carbocycles. The molecule has 33 heavy (non-hydrogen) atoms. The minimum Gasteiger partial charge on any atom is -0.396 e. The maximum Gasteiger partial charge on any atom is 0.196 e. The van der Waals surface area contributed by atoms with Crippen LogP contribution in [0.5, 0.6) is 0 Å². The molecule has 4 N–H and O–H groups in total. The predicted octanol–water partition coefficient (Wildman–Crippen LogP) is 2.90. The van der Waals surface area contributed by atoms with Crippen LogP contribution in [0, 0.1) is 0 Å². The standard InChI is InChI=1S/C26H32N4O3/c27-24-21(30-12-10-29(11-13-30)14-15-31)16-20(28-17-6-2-1-3-7-17)22-23(24)26(33)19-9-5-4-8-18(19)25(22)32/h4-5,8-9,16-17,28,31H,1-3,6-7,10-15,27H2. The maximum absolute atomic E-state index is 13.6. The van der Waals surface area contributed by atoms with E-state index in [1.54, 1.807) is 24.3 Å². The van der Waals surface area contributed by atoms with Crippen LogP contribution in [0.2, 0.25) is 0 Å². The number of piperazine rings is 1. The first kappa shape index (κ1) is 21.9. The van der Waals surface area contributed by atoms with Crippen LogP contribution < -0.4 is 16.0 Å². The summed E-state index contributed by atoms with van der Waals surface area (Å²) in [5, 5.41) is 12.9. The number of carbonyl (C=O) groups excluding carboxylic acids is 2. The highest BCUT2D eigenvalue weighted by Gasteiger charge is 2.36. The van der Waals surface area contributed by atoms with Gasteiger partial charge in [0, 0.05) is 55.6 Å². The molecule has 7 heteroatoms. The van der Waals surface area contributed by atoms with Crippen molar-refractivity contribution in [2.24, 2.45) is 0 Å². The third-order valence-electron chi connectivity index (χ3n) is 7.31. The number of aliphatic hydroxyl groups is 1. The van der Waals surface area contributed by atoms with Gasteiger partial charge in [0.2, 0.25) is 0 Å². The zero-order chi connectivity index (χ0) is 22.9. The fraction of sp³-hybridized carbons (Fsp3) is 0.462. The Kier molecular flexibility index (Phi) is 6.08. The van der Waals surface area contributed by atoms with Gasteiger partial charge in [0.05, 0.1) is 29.1 Å². The Balaban J connectivity index is 1.58. The highest BCUT2D eigenvalue weighted by Crippen LogP contribution is 2.42. The number of rotatable bonds is 5. The number of fused-ring (bicyclic) bond motifs is 2. The number of hydrogen-bond acceptors (Lipinski definition) is 7. The van der Waals surface area contributed by atoms with Crippen molar-refractivity contribution in [3.63, 3.8) is 0 Å². The van der Waals surface area contributed by atoms with Crippen molar-refractivity contribution in [3.8, 4) is 0 Å². The molecule has 2 aromatic rings. The molecule has 0 aromatic heterocycles. The van der Waals surface area contributed by atoms with Crippen molar-refractivity contribution in [3.05, 3.63) is 52.6 Å². The SMILES string of the molecule is Nc1c(N2CCN(CCO)CC2)cc(NC2CCCCC2)c2c1C(=O)c1ccccc1C2=O. The third-order valence-corrected chi connectivity index (χ3v) is 7.31. The summed E-state index contributed by atoms with van der Waals surface area (Å²) in [5.74, 6) is -0.310. The second-order valence-corrected chi connectivity index (χ2v) is 9.34. The first-order valence-electron chi connectivity index (χ1n) is 12.1. The average Bonchev–Trinajstić information content (AvgIpc) is 2.85. The smallest absolute Gasteiger partial charge is 0.196 e. The van der Waals surface area contributed by atoms with Crippen LogP contribution in [-0.4, -0.2) is 66.9 Å². The molecular weight excluding hydrogens is 416 g/mol. The van der Waals surface area contributed by atoms with Gasteiger partial charge in [-0.2, -0.15) is 0 Å². The number of nitrogens with two attached hydrogens (primary N) is 1. The van der Waals surface area contributed by atoms with Crippen LogP contribution in [0.15, 0.2) is 30.3 Å². The molecule has 1 heterocycles. The molecule has 5 rings (SSSR count). The van der Waals surface area contributed by atoms with E-state index >= 15 is 0 Å². The quantitative estimate of drug-likeness (QED) is 0.516. The molecule has 0 unspecified atom stereocenters. The van der Waals surface area contributed by atoms with Gasteiger partial charge in [-0.25, -0.2) is 0 Å². The summed E-state index contributed by atoms with van der Waals surface area (Å²) >= 11 is 0. The molecule has 2 fully saturated rings. The molecule has 0 atom stereocenters. The van der Waals surface area contributed by atoms with E-state index in [-0.39, 0.29) is 18.2 Å². The molecule has 0 spiro atoms. The fourth-order valence-corrected chi connectivity index (χ4v) is 5.50. The highest BCUT2D eigenvalue weighted by molar-refractivity contribution is 6.32. The number of hydrogen-bond donors (Lipinski definition) is 3.